The van der Waals surface area contributed by atoms with Crippen LogP contribution in [0.2, 0.25) is 5.02 Å². The predicted octanol–water partition coefficient (Wildman–Crippen LogP) is 3.23. The second-order valence-electron chi connectivity index (χ2n) is 5.80. The summed E-state index contributed by atoms with van der Waals surface area (Å²) in [5, 5.41) is 1.51. The Morgan fingerprint density at radius 2 is 1.76 bits per heavy atom. The molecule has 0 aliphatic heterocycles. The zero-order valence-electron chi connectivity index (χ0n) is 13.8. The molecule has 0 aliphatic carbocycles. The maximum Gasteiger partial charge on any atom is 0.271 e. The van der Waals surface area contributed by atoms with E-state index >= 15 is 0 Å². The van der Waals surface area contributed by atoms with E-state index in [1.165, 1.54) is 0 Å². The largest absolute Gasteiger partial charge is 0.350 e. The first kappa shape index (κ1) is 17.0. The number of aryl methyl sites for hydroxylation is 2. The van der Waals surface area contributed by atoms with Gasteiger partial charge in [0.25, 0.3) is 5.91 Å². The lowest BCUT2D eigenvalue weighted by atomic mass is 10.1. The van der Waals surface area contributed by atoms with Crippen LogP contribution < -0.4 is 10.9 Å². The number of halogens is 1. The van der Waals surface area contributed by atoms with Crippen molar-refractivity contribution in [2.24, 2.45) is 7.05 Å². The summed E-state index contributed by atoms with van der Waals surface area (Å²) in [6.07, 6.45) is 2.60. The van der Waals surface area contributed by atoms with Crippen LogP contribution >= 0.6 is 11.6 Å². The highest BCUT2D eigenvalue weighted by atomic mass is 35.5. The van der Waals surface area contributed by atoms with E-state index in [-0.39, 0.29) is 18.2 Å². The molecule has 0 aliphatic rings. The number of hydrogen-bond donors (Lipinski definition) is 2. The third kappa shape index (κ3) is 4.00. The number of para-hydroxylation sites is 1. The molecule has 0 bridgehead atoms. The van der Waals surface area contributed by atoms with Crippen LogP contribution in [0.3, 0.4) is 0 Å². The van der Waals surface area contributed by atoms with Gasteiger partial charge in [0, 0.05) is 35.6 Å². The summed E-state index contributed by atoms with van der Waals surface area (Å²) in [5.74, 6) is -0.583. The Labute approximate surface area is 150 Å². The molecule has 2 amide bonds. The number of fused-ring (bicyclic) bond motifs is 1. The first-order valence-corrected chi connectivity index (χ1v) is 8.30. The van der Waals surface area contributed by atoms with E-state index in [0.29, 0.717) is 17.0 Å². The van der Waals surface area contributed by atoms with Gasteiger partial charge in [-0.05, 0) is 30.2 Å². The predicted molar refractivity (Wildman–Crippen MR) is 98.3 cm³/mol. The average Bonchev–Trinajstić information content (AvgIpc) is 2.96. The first-order chi connectivity index (χ1) is 12.0. The van der Waals surface area contributed by atoms with Crippen molar-refractivity contribution < 1.29 is 9.59 Å². The van der Waals surface area contributed by atoms with Gasteiger partial charge in [-0.15, -0.1) is 0 Å². The Morgan fingerprint density at radius 1 is 1.04 bits per heavy atom. The lowest BCUT2D eigenvalue weighted by molar-refractivity contribution is -0.121. The smallest absolute Gasteiger partial charge is 0.271 e. The minimum absolute atomic E-state index is 0.247. The van der Waals surface area contributed by atoms with Crippen LogP contribution in [0.4, 0.5) is 0 Å². The van der Waals surface area contributed by atoms with Crippen molar-refractivity contribution in [3.05, 3.63) is 70.9 Å². The summed E-state index contributed by atoms with van der Waals surface area (Å²) in [7, 11) is 1.88. The minimum Gasteiger partial charge on any atom is -0.350 e. The monoisotopic (exact) mass is 355 g/mol. The van der Waals surface area contributed by atoms with Gasteiger partial charge >= 0.3 is 0 Å². The van der Waals surface area contributed by atoms with Crippen molar-refractivity contribution in [1.82, 2.24) is 15.4 Å². The lowest BCUT2D eigenvalue weighted by Gasteiger charge is -2.07. The highest BCUT2D eigenvalue weighted by Crippen LogP contribution is 2.19. The molecule has 0 unspecified atom stereocenters. The summed E-state index contributed by atoms with van der Waals surface area (Å²) in [6, 6.07) is 15.0. The Hall–Kier alpha value is -2.79. The van der Waals surface area contributed by atoms with Gasteiger partial charge in [0.1, 0.15) is 0 Å². The van der Waals surface area contributed by atoms with Crippen molar-refractivity contribution >= 4 is 34.3 Å². The Bertz CT molecular complexity index is 916. The number of benzene rings is 2. The molecule has 5 nitrogen and oxygen atoms in total. The molecule has 2 aromatic carbocycles. The first-order valence-electron chi connectivity index (χ1n) is 7.92. The van der Waals surface area contributed by atoms with E-state index in [9.17, 15) is 9.59 Å². The number of hydrogen-bond acceptors (Lipinski definition) is 2. The minimum atomic E-state index is -0.336. The molecule has 1 heterocycles. The average molecular weight is 356 g/mol. The van der Waals surface area contributed by atoms with Crippen molar-refractivity contribution in [2.75, 3.05) is 0 Å². The number of carbonyl (C=O) groups excluding carboxylic acids is 2. The molecule has 0 fully saturated rings. The van der Waals surface area contributed by atoms with Crippen LogP contribution in [0, 0.1) is 0 Å². The van der Waals surface area contributed by atoms with Gasteiger partial charge in [0.15, 0.2) is 0 Å². The van der Waals surface area contributed by atoms with Crippen molar-refractivity contribution in [3.63, 3.8) is 0 Å². The van der Waals surface area contributed by atoms with Crippen LogP contribution in [0.15, 0.2) is 54.7 Å². The molecule has 0 atom stereocenters. The van der Waals surface area contributed by atoms with Crippen molar-refractivity contribution in [3.8, 4) is 0 Å². The zero-order valence-corrected chi connectivity index (χ0v) is 14.5. The number of nitrogens with zero attached hydrogens (tertiary/aromatic N) is 1. The van der Waals surface area contributed by atoms with E-state index in [2.05, 4.69) is 10.9 Å². The molecule has 3 aromatic rings. The lowest BCUT2D eigenvalue weighted by Crippen LogP contribution is -2.41. The highest BCUT2D eigenvalue weighted by Gasteiger charge is 2.14. The number of carbonyl (C=O) groups is 2. The van der Waals surface area contributed by atoms with Gasteiger partial charge in [0.05, 0.1) is 5.56 Å². The molecule has 1 aromatic heterocycles. The molecule has 0 saturated heterocycles. The SMILES string of the molecule is Cn1cc(C(=O)NNC(=O)CCc2ccc(Cl)cc2)c2ccccc21. The highest BCUT2D eigenvalue weighted by molar-refractivity contribution is 6.30. The van der Waals surface area contributed by atoms with Gasteiger partial charge in [-0.2, -0.15) is 0 Å². The molecule has 0 saturated carbocycles. The third-order valence-corrected chi connectivity index (χ3v) is 4.26. The third-order valence-electron chi connectivity index (χ3n) is 4.01. The normalized spacial score (nSPS) is 10.6. The number of amides is 2. The summed E-state index contributed by atoms with van der Waals surface area (Å²) >= 11 is 5.83. The molecule has 128 valence electrons. The van der Waals surface area contributed by atoms with Crippen molar-refractivity contribution in [2.45, 2.75) is 12.8 Å². The zero-order chi connectivity index (χ0) is 17.8. The topological polar surface area (TPSA) is 63.1 Å². The summed E-state index contributed by atoms with van der Waals surface area (Å²) in [5.41, 5.74) is 7.44. The van der Waals surface area contributed by atoms with Crippen LogP contribution in [0.1, 0.15) is 22.3 Å². The molecule has 2 N–H and O–H groups in total. The molecule has 0 spiro atoms. The maximum atomic E-state index is 12.3. The van der Waals surface area contributed by atoms with Crippen LogP contribution in [-0.2, 0) is 18.3 Å². The van der Waals surface area contributed by atoms with Crippen LogP contribution in [-0.4, -0.2) is 16.4 Å². The van der Waals surface area contributed by atoms with Gasteiger partial charge in [-0.25, -0.2) is 0 Å². The number of rotatable bonds is 4. The van der Waals surface area contributed by atoms with Gasteiger partial charge < -0.3 is 4.57 Å². The van der Waals surface area contributed by atoms with E-state index in [1.54, 1.807) is 18.3 Å². The fourth-order valence-electron chi connectivity index (χ4n) is 2.69. The number of hydrazine groups is 1. The molecule has 25 heavy (non-hydrogen) atoms. The van der Waals surface area contributed by atoms with Crippen LogP contribution in [0.5, 0.6) is 0 Å². The number of nitrogens with one attached hydrogen (secondary N) is 2. The van der Waals surface area contributed by atoms with Gasteiger partial charge in [0.2, 0.25) is 5.91 Å². The van der Waals surface area contributed by atoms with Crippen molar-refractivity contribution in [1.29, 1.82) is 0 Å². The maximum absolute atomic E-state index is 12.3. The quantitative estimate of drug-likeness (QED) is 0.706. The van der Waals surface area contributed by atoms with Crippen LogP contribution in [0.25, 0.3) is 10.9 Å². The Morgan fingerprint density at radius 3 is 2.52 bits per heavy atom. The molecule has 3 rings (SSSR count). The molecular weight excluding hydrogens is 338 g/mol. The van der Waals surface area contributed by atoms with Gasteiger partial charge in [-0.1, -0.05) is 41.9 Å². The second kappa shape index (κ2) is 7.40. The Balaban J connectivity index is 1.56. The second-order valence-corrected chi connectivity index (χ2v) is 6.24. The summed E-state index contributed by atoms with van der Waals surface area (Å²) in [4.78, 5) is 24.3. The van der Waals surface area contributed by atoms with E-state index in [4.69, 9.17) is 11.6 Å². The molecular formula is C19H18ClN3O2. The summed E-state index contributed by atoms with van der Waals surface area (Å²) < 4.78 is 1.88. The fourth-order valence-corrected chi connectivity index (χ4v) is 2.81. The number of aromatic nitrogens is 1. The summed E-state index contributed by atoms with van der Waals surface area (Å²) in [6.45, 7) is 0. The van der Waals surface area contributed by atoms with E-state index < -0.39 is 0 Å². The fraction of sp³-hybridized carbons (Fsp3) is 0.158. The van der Waals surface area contributed by atoms with E-state index in [0.717, 1.165) is 16.5 Å². The Kier molecular flexibility index (Phi) is 5.05. The molecule has 6 heteroatoms. The van der Waals surface area contributed by atoms with Gasteiger partial charge in [-0.3, -0.25) is 20.4 Å². The van der Waals surface area contributed by atoms with E-state index in [1.807, 2.05) is 48.0 Å². The molecule has 0 radical (unpaired) electrons. The standard InChI is InChI=1S/C19H18ClN3O2/c1-23-12-16(15-4-2-3-5-17(15)23)19(25)22-21-18(24)11-8-13-6-9-14(20)10-7-13/h2-7,9-10,12H,8,11H2,1H3,(H,21,24)(H,22,25).